The van der Waals surface area contributed by atoms with Crippen LogP contribution in [0, 0.1) is 0 Å². The number of thiazole rings is 2. The smallest absolute Gasteiger partial charge is 0.234 e. The molecule has 1 atom stereocenters. The van der Waals surface area contributed by atoms with E-state index in [9.17, 15) is 0 Å². The van der Waals surface area contributed by atoms with Gasteiger partial charge in [0.05, 0.1) is 29.5 Å². The fraction of sp³-hybridized carbons (Fsp3) is 0.389. The summed E-state index contributed by atoms with van der Waals surface area (Å²) in [7, 11) is 0. The Hall–Kier alpha value is -1.94. The van der Waals surface area contributed by atoms with Crippen LogP contribution in [0.3, 0.4) is 0 Å². The molecule has 0 aromatic carbocycles. The molecule has 0 saturated carbocycles. The molecule has 4 heterocycles. The molecule has 0 bridgehead atoms. The first-order chi connectivity index (χ1) is 13.7. The molecule has 2 aliphatic rings. The van der Waals surface area contributed by atoms with E-state index in [2.05, 4.69) is 15.3 Å². The van der Waals surface area contributed by atoms with Gasteiger partial charge in [0, 0.05) is 11.3 Å². The summed E-state index contributed by atoms with van der Waals surface area (Å²) in [6, 6.07) is 3.60. The third-order valence-corrected chi connectivity index (χ3v) is 6.91. The van der Waals surface area contributed by atoms with Crippen molar-refractivity contribution in [3.8, 4) is 16.5 Å². The quantitative estimate of drug-likeness (QED) is 0.630. The van der Waals surface area contributed by atoms with Crippen molar-refractivity contribution < 1.29 is 9.47 Å². The molecule has 3 aromatic heterocycles. The number of nitrogens with one attached hydrogen (secondary N) is 1. The van der Waals surface area contributed by atoms with Crippen molar-refractivity contribution in [2.75, 3.05) is 24.3 Å². The van der Waals surface area contributed by atoms with Crippen LogP contribution in [0.4, 0.5) is 16.1 Å². The van der Waals surface area contributed by atoms with E-state index < -0.39 is 0 Å². The first-order valence-corrected chi connectivity index (χ1v) is 11.1. The van der Waals surface area contributed by atoms with Gasteiger partial charge in [-0.2, -0.15) is 4.98 Å². The highest BCUT2D eigenvalue weighted by atomic mass is 35.5. The Balaban J connectivity index is 1.40. The SMILES string of the molecule is Nc1nc2c(s1)-c1nc(Nc3ccc(Cl)c(O[C@@H]4CCOC4)n3)sc1CCC2. The molecule has 0 unspecified atom stereocenters. The lowest BCUT2D eigenvalue weighted by Crippen LogP contribution is -2.16. The van der Waals surface area contributed by atoms with Crippen LogP contribution in [0.25, 0.3) is 10.6 Å². The predicted octanol–water partition coefficient (Wildman–Crippen LogP) is 4.30. The maximum absolute atomic E-state index is 6.25. The summed E-state index contributed by atoms with van der Waals surface area (Å²) >= 11 is 9.40. The van der Waals surface area contributed by atoms with Gasteiger partial charge in [-0.1, -0.05) is 22.9 Å². The Morgan fingerprint density at radius 2 is 2.14 bits per heavy atom. The van der Waals surface area contributed by atoms with E-state index in [1.165, 1.54) is 16.2 Å². The molecule has 0 amide bonds. The van der Waals surface area contributed by atoms with Crippen molar-refractivity contribution in [3.63, 3.8) is 0 Å². The monoisotopic (exact) mass is 435 g/mol. The Kier molecular flexibility index (Phi) is 4.83. The Bertz CT molecular complexity index is 1020. The Morgan fingerprint density at radius 3 is 3.00 bits per heavy atom. The summed E-state index contributed by atoms with van der Waals surface area (Å²) in [5.74, 6) is 1.06. The minimum Gasteiger partial charge on any atom is -0.471 e. The Morgan fingerprint density at radius 1 is 1.21 bits per heavy atom. The first-order valence-electron chi connectivity index (χ1n) is 9.09. The lowest BCUT2D eigenvalue weighted by Gasteiger charge is -2.13. The van der Waals surface area contributed by atoms with Gasteiger partial charge in [-0.3, -0.25) is 0 Å². The van der Waals surface area contributed by atoms with Gasteiger partial charge < -0.3 is 20.5 Å². The van der Waals surface area contributed by atoms with Crippen LogP contribution in [0.5, 0.6) is 5.88 Å². The maximum atomic E-state index is 6.25. The van der Waals surface area contributed by atoms with E-state index in [-0.39, 0.29) is 6.10 Å². The zero-order valence-electron chi connectivity index (χ0n) is 14.9. The average Bonchev–Trinajstić information content (AvgIpc) is 3.37. The molecule has 5 rings (SSSR count). The van der Waals surface area contributed by atoms with Gasteiger partial charge in [0.2, 0.25) is 5.88 Å². The lowest BCUT2D eigenvalue weighted by molar-refractivity contribution is 0.138. The molecule has 3 aromatic rings. The summed E-state index contributed by atoms with van der Waals surface area (Å²) in [6.45, 7) is 1.27. The number of pyridine rings is 1. The number of hydrogen-bond acceptors (Lipinski definition) is 9. The van der Waals surface area contributed by atoms with Crippen LogP contribution in [0.2, 0.25) is 5.02 Å². The largest absolute Gasteiger partial charge is 0.471 e. The standard InChI is InChI=1S/C18H18ClN5O2S2/c19-10-4-5-13(22-16(10)26-9-6-7-25-8-9)23-18-24-14-12(27-18)3-1-2-11-15(14)28-17(20)21-11/h4-5,9H,1-3,6-8H2,(H2,20,21)(H,22,23,24)/t9-/m1/s1. The van der Waals surface area contributed by atoms with Crippen molar-refractivity contribution in [1.82, 2.24) is 15.0 Å². The number of aryl methyl sites for hydroxylation is 2. The number of nitrogens with two attached hydrogens (primary N) is 1. The lowest BCUT2D eigenvalue weighted by atomic mass is 10.2. The van der Waals surface area contributed by atoms with Crippen molar-refractivity contribution in [2.24, 2.45) is 0 Å². The summed E-state index contributed by atoms with van der Waals surface area (Å²) < 4.78 is 11.2. The van der Waals surface area contributed by atoms with Crippen LogP contribution in [-0.4, -0.2) is 34.3 Å². The van der Waals surface area contributed by atoms with Gasteiger partial charge in [0.1, 0.15) is 16.9 Å². The number of nitrogens with zero attached hydrogens (tertiary/aromatic N) is 3. The fourth-order valence-corrected chi connectivity index (χ4v) is 5.47. The van der Waals surface area contributed by atoms with Crippen molar-refractivity contribution in [3.05, 3.63) is 27.7 Å². The molecule has 10 heteroatoms. The minimum absolute atomic E-state index is 0.00798. The highest BCUT2D eigenvalue weighted by Crippen LogP contribution is 2.41. The third kappa shape index (κ3) is 3.55. The second kappa shape index (κ2) is 7.47. The predicted molar refractivity (Wildman–Crippen MR) is 112 cm³/mol. The zero-order chi connectivity index (χ0) is 19.1. The Labute approximate surface area is 174 Å². The molecule has 0 spiro atoms. The second-order valence-corrected chi connectivity index (χ2v) is 9.21. The molecule has 146 valence electrons. The molecule has 1 saturated heterocycles. The normalized spacial score (nSPS) is 18.4. The van der Waals surface area contributed by atoms with E-state index >= 15 is 0 Å². The number of hydrogen-bond donors (Lipinski definition) is 2. The highest BCUT2D eigenvalue weighted by molar-refractivity contribution is 7.20. The van der Waals surface area contributed by atoms with Crippen LogP contribution in [-0.2, 0) is 17.6 Å². The van der Waals surface area contributed by atoms with Crippen LogP contribution >= 0.6 is 34.3 Å². The van der Waals surface area contributed by atoms with E-state index in [1.807, 2.05) is 6.07 Å². The molecule has 1 aliphatic carbocycles. The first kappa shape index (κ1) is 18.1. The van der Waals surface area contributed by atoms with E-state index in [4.69, 9.17) is 31.8 Å². The molecule has 1 aliphatic heterocycles. The van der Waals surface area contributed by atoms with E-state index in [0.717, 1.165) is 47.1 Å². The van der Waals surface area contributed by atoms with Gasteiger partial charge in [-0.05, 0) is 31.4 Å². The van der Waals surface area contributed by atoms with Gasteiger partial charge in [-0.25, -0.2) is 9.97 Å². The highest BCUT2D eigenvalue weighted by Gasteiger charge is 2.23. The second-order valence-electron chi connectivity index (χ2n) is 6.68. The van der Waals surface area contributed by atoms with Gasteiger partial charge in [0.15, 0.2) is 10.3 Å². The van der Waals surface area contributed by atoms with Crippen LogP contribution < -0.4 is 15.8 Å². The number of rotatable bonds is 4. The molecule has 1 fully saturated rings. The molecule has 28 heavy (non-hydrogen) atoms. The number of nitrogen functional groups attached to an aromatic ring is 1. The van der Waals surface area contributed by atoms with Gasteiger partial charge in [-0.15, -0.1) is 11.3 Å². The van der Waals surface area contributed by atoms with Gasteiger partial charge in [0.25, 0.3) is 0 Å². The molecular formula is C18H18ClN5O2S2. The topological polar surface area (TPSA) is 95.2 Å². The van der Waals surface area contributed by atoms with E-state index in [0.29, 0.717) is 35.1 Å². The average molecular weight is 436 g/mol. The third-order valence-electron chi connectivity index (χ3n) is 4.66. The summed E-state index contributed by atoms with van der Waals surface area (Å²) in [4.78, 5) is 16.1. The van der Waals surface area contributed by atoms with Gasteiger partial charge >= 0.3 is 0 Å². The number of fused-ring (bicyclic) bond motifs is 3. The summed E-state index contributed by atoms with van der Waals surface area (Å²) in [5, 5.41) is 5.16. The maximum Gasteiger partial charge on any atom is 0.234 e. The number of ether oxygens (including phenoxy) is 2. The van der Waals surface area contributed by atoms with Crippen molar-refractivity contribution in [2.45, 2.75) is 31.8 Å². The number of aromatic nitrogens is 3. The zero-order valence-corrected chi connectivity index (χ0v) is 17.3. The van der Waals surface area contributed by atoms with Crippen molar-refractivity contribution in [1.29, 1.82) is 0 Å². The van der Waals surface area contributed by atoms with Crippen LogP contribution in [0.1, 0.15) is 23.4 Å². The minimum atomic E-state index is -0.00798. The number of halogens is 1. The van der Waals surface area contributed by atoms with E-state index in [1.54, 1.807) is 17.4 Å². The summed E-state index contributed by atoms with van der Waals surface area (Å²) in [5.41, 5.74) is 7.96. The number of anilines is 3. The summed E-state index contributed by atoms with van der Waals surface area (Å²) in [6.07, 6.45) is 3.81. The molecule has 0 radical (unpaired) electrons. The molecular weight excluding hydrogens is 418 g/mol. The molecule has 3 N–H and O–H groups in total. The van der Waals surface area contributed by atoms with Crippen molar-refractivity contribution >= 4 is 50.4 Å². The van der Waals surface area contributed by atoms with Crippen LogP contribution in [0.15, 0.2) is 12.1 Å². The fourth-order valence-electron chi connectivity index (χ4n) is 3.34. The molecule has 7 nitrogen and oxygen atoms in total.